The monoisotopic (exact) mass is 751 g/mol. The van der Waals surface area contributed by atoms with Crippen LogP contribution in [0.2, 0.25) is 0 Å². The first-order chi connectivity index (χ1) is 22.4. The Morgan fingerprint density at radius 3 is 2.28 bits per heavy atom. The van der Waals surface area contributed by atoms with Crippen molar-refractivity contribution in [1.82, 2.24) is 10.9 Å². The molecule has 0 fully saturated rings. The Kier molecular flexibility index (Phi) is 11.3. The number of halogens is 2. The summed E-state index contributed by atoms with van der Waals surface area (Å²) in [4.78, 5) is 19.5. The molecule has 4 aromatic carbocycles. The number of hydrogen-bond acceptors (Lipinski definition) is 8. The first-order valence-corrected chi connectivity index (χ1v) is 16.3. The van der Waals surface area contributed by atoms with Crippen LogP contribution in [0, 0.1) is 0 Å². The lowest BCUT2D eigenvalue weighted by atomic mass is 9.82. The Labute approximate surface area is 285 Å². The van der Waals surface area contributed by atoms with Crippen molar-refractivity contribution < 1.29 is 28.8 Å². The van der Waals surface area contributed by atoms with E-state index in [1.807, 2.05) is 91.0 Å². The fourth-order valence-corrected chi connectivity index (χ4v) is 5.78. The van der Waals surface area contributed by atoms with E-state index in [0.717, 1.165) is 25.6 Å². The van der Waals surface area contributed by atoms with Crippen molar-refractivity contribution in [3.8, 4) is 17.2 Å². The zero-order valence-electron chi connectivity index (χ0n) is 25.5. The van der Waals surface area contributed by atoms with Gasteiger partial charge in [0.05, 0.1) is 20.8 Å². The van der Waals surface area contributed by atoms with Crippen molar-refractivity contribution in [2.24, 2.45) is 4.99 Å². The molecule has 0 aromatic heterocycles. The number of nitrogens with one attached hydrogen (secondary N) is 2. The van der Waals surface area contributed by atoms with E-state index in [4.69, 9.17) is 29.0 Å². The molecule has 0 bridgehead atoms. The Morgan fingerprint density at radius 2 is 1.63 bits per heavy atom. The van der Waals surface area contributed by atoms with Gasteiger partial charge in [-0.15, -0.1) is 0 Å². The van der Waals surface area contributed by atoms with E-state index in [1.165, 1.54) is 0 Å². The fraction of sp³-hybridized carbons (Fsp3) is 0.257. The van der Waals surface area contributed by atoms with Crippen LogP contribution in [-0.4, -0.2) is 49.9 Å². The molecule has 46 heavy (non-hydrogen) atoms. The number of benzene rings is 4. The minimum atomic E-state index is -1.38. The van der Waals surface area contributed by atoms with Crippen molar-refractivity contribution in [3.05, 3.63) is 122 Å². The maximum Gasteiger partial charge on any atom is 0.266 e. The predicted molar refractivity (Wildman–Crippen MR) is 183 cm³/mol. The van der Waals surface area contributed by atoms with E-state index in [0.29, 0.717) is 41.7 Å². The molecule has 4 aromatic rings. The largest absolute Gasteiger partial charge is 0.494 e. The Balaban J connectivity index is 1.51. The van der Waals surface area contributed by atoms with Crippen LogP contribution in [0.5, 0.6) is 17.2 Å². The number of nitrogens with zero attached hydrogens (tertiary/aromatic N) is 1. The number of hydrazine groups is 1. The summed E-state index contributed by atoms with van der Waals surface area (Å²) in [6.07, 6.45) is 0.0645. The topological polar surface area (TPSA) is 111 Å². The molecule has 3 N–H and O–H groups in total. The van der Waals surface area contributed by atoms with Gasteiger partial charge in [0.15, 0.2) is 23.1 Å². The lowest BCUT2D eigenvalue weighted by Gasteiger charge is -2.31. The quantitative estimate of drug-likeness (QED) is 0.102. The average Bonchev–Trinajstić information content (AvgIpc) is 3.46. The molecular weight excluding hydrogens is 718 g/mol. The highest BCUT2D eigenvalue weighted by molar-refractivity contribution is 9.10. The van der Waals surface area contributed by atoms with Gasteiger partial charge in [-0.2, -0.15) is 0 Å². The first kappa shape index (κ1) is 33.5. The van der Waals surface area contributed by atoms with Gasteiger partial charge in [-0.05, 0) is 65.7 Å². The van der Waals surface area contributed by atoms with Crippen LogP contribution < -0.4 is 25.1 Å². The summed E-state index contributed by atoms with van der Waals surface area (Å²) in [5.41, 5.74) is 7.85. The van der Waals surface area contributed by atoms with E-state index in [9.17, 15) is 4.79 Å². The number of aliphatic hydroxyl groups is 1. The van der Waals surface area contributed by atoms with E-state index in [1.54, 1.807) is 14.2 Å². The van der Waals surface area contributed by atoms with Crippen LogP contribution >= 0.6 is 31.9 Å². The molecule has 0 saturated carbocycles. The highest BCUT2D eigenvalue weighted by atomic mass is 79.9. The molecule has 240 valence electrons. The summed E-state index contributed by atoms with van der Waals surface area (Å²) in [5.74, 6) is 1.83. The third-order valence-corrected chi connectivity index (χ3v) is 8.61. The maximum atomic E-state index is 14.5. The van der Waals surface area contributed by atoms with E-state index >= 15 is 0 Å². The van der Waals surface area contributed by atoms with Crippen LogP contribution in [-0.2, 0) is 22.5 Å². The summed E-state index contributed by atoms with van der Waals surface area (Å²) in [7, 11) is 3.16. The van der Waals surface area contributed by atoms with Gasteiger partial charge in [0.1, 0.15) is 5.75 Å². The minimum absolute atomic E-state index is 0.0602. The summed E-state index contributed by atoms with van der Waals surface area (Å²) in [6.45, 7) is 0.743. The van der Waals surface area contributed by atoms with Crippen LogP contribution in [0.15, 0.2) is 105 Å². The first-order valence-electron chi connectivity index (χ1n) is 14.7. The van der Waals surface area contributed by atoms with Gasteiger partial charge in [0, 0.05) is 46.1 Å². The number of carbonyl (C=O) groups is 1. The average molecular weight is 753 g/mol. The van der Waals surface area contributed by atoms with Gasteiger partial charge in [-0.1, -0.05) is 68.3 Å². The molecule has 0 radical (unpaired) electrons. The molecule has 9 nitrogen and oxygen atoms in total. The van der Waals surface area contributed by atoms with Gasteiger partial charge >= 0.3 is 0 Å². The molecule has 0 aliphatic carbocycles. The van der Waals surface area contributed by atoms with Crippen LogP contribution in [0.25, 0.3) is 0 Å². The number of rotatable bonds is 14. The molecule has 1 heterocycles. The van der Waals surface area contributed by atoms with E-state index < -0.39 is 11.6 Å². The van der Waals surface area contributed by atoms with Gasteiger partial charge in [-0.25, -0.2) is 10.4 Å². The Bertz CT molecular complexity index is 1650. The number of amides is 1. The summed E-state index contributed by atoms with van der Waals surface area (Å²) in [6, 6.07) is 28.5. The third-order valence-electron chi connectivity index (χ3n) is 7.55. The van der Waals surface area contributed by atoms with Crippen molar-refractivity contribution in [3.63, 3.8) is 0 Å². The molecule has 0 unspecified atom stereocenters. The van der Waals surface area contributed by atoms with Gasteiger partial charge < -0.3 is 24.1 Å². The zero-order chi connectivity index (χ0) is 32.5. The van der Waals surface area contributed by atoms with Gasteiger partial charge in [-0.3, -0.25) is 10.2 Å². The summed E-state index contributed by atoms with van der Waals surface area (Å²) >= 11 is 7.03. The smallest absolute Gasteiger partial charge is 0.266 e. The molecule has 1 aliphatic heterocycles. The lowest BCUT2D eigenvalue weighted by Crippen LogP contribution is -2.53. The van der Waals surface area contributed by atoms with Crippen LogP contribution in [0.3, 0.4) is 0 Å². The molecule has 5 rings (SSSR count). The predicted octanol–water partition coefficient (Wildman–Crippen LogP) is 6.31. The third kappa shape index (κ3) is 7.72. The number of hydrogen-bond donors (Lipinski definition) is 3. The van der Waals surface area contributed by atoms with Crippen molar-refractivity contribution >= 4 is 43.7 Å². The molecule has 1 amide bonds. The molecular formula is C35H35Br2N3O6. The standard InChI is InChI=1S/C35H35Br2N3O6/c1-43-30-6-3-5-26(31(30)44-2)22-38-40-34(42)35(21-23-7-13-27(36)14-8-23)32(24-9-15-28(37)16-10-24)46-33(39-35)25-11-17-29(18-12-25)45-20-4-19-41/h3,5-18,32,38,41H,4,19-22H2,1-2H3,(H,40,42)/t32-,35-/m0/s1. The highest BCUT2D eigenvalue weighted by Gasteiger charge is 2.53. The summed E-state index contributed by atoms with van der Waals surface area (Å²) < 4.78 is 25.2. The molecule has 11 heteroatoms. The lowest BCUT2D eigenvalue weighted by molar-refractivity contribution is -0.130. The second kappa shape index (κ2) is 15.6. The number of methoxy groups -OCH3 is 2. The van der Waals surface area contributed by atoms with Gasteiger partial charge in [0.25, 0.3) is 5.91 Å². The Hall–Kier alpha value is -3.90. The van der Waals surface area contributed by atoms with E-state index in [-0.39, 0.29) is 25.5 Å². The molecule has 1 aliphatic rings. The van der Waals surface area contributed by atoms with Crippen LogP contribution in [0.1, 0.15) is 34.8 Å². The number of aliphatic hydroxyl groups excluding tert-OH is 1. The minimum Gasteiger partial charge on any atom is -0.494 e. The van der Waals surface area contributed by atoms with E-state index in [2.05, 4.69) is 42.7 Å². The zero-order valence-corrected chi connectivity index (χ0v) is 28.6. The molecule has 0 saturated heterocycles. The normalized spacial score (nSPS) is 17.2. The number of carbonyl (C=O) groups excluding carboxylic acids is 1. The Morgan fingerprint density at radius 1 is 0.935 bits per heavy atom. The fourth-order valence-electron chi connectivity index (χ4n) is 5.25. The van der Waals surface area contributed by atoms with Crippen molar-refractivity contribution in [2.45, 2.75) is 31.0 Å². The SMILES string of the molecule is COc1cccc(CNNC(=O)[C@@]2(Cc3ccc(Br)cc3)N=C(c3ccc(OCCCO)cc3)O[C@H]2c2ccc(Br)cc2)c1OC. The number of para-hydroxylation sites is 1. The highest BCUT2D eigenvalue weighted by Crippen LogP contribution is 2.43. The van der Waals surface area contributed by atoms with Crippen molar-refractivity contribution in [2.75, 3.05) is 27.4 Å². The van der Waals surface area contributed by atoms with Crippen LogP contribution in [0.4, 0.5) is 0 Å². The number of aliphatic imine (C=N–C) groups is 1. The maximum absolute atomic E-state index is 14.5. The summed E-state index contributed by atoms with van der Waals surface area (Å²) in [5, 5.41) is 9.07. The van der Waals surface area contributed by atoms with Crippen molar-refractivity contribution in [1.29, 1.82) is 0 Å². The second-order valence-electron chi connectivity index (χ2n) is 10.6. The molecule has 2 atom stereocenters. The second-order valence-corrected chi connectivity index (χ2v) is 12.4. The number of ether oxygens (including phenoxy) is 4. The van der Waals surface area contributed by atoms with Gasteiger partial charge in [0.2, 0.25) is 5.90 Å². The molecule has 0 spiro atoms.